The molecular formula is C17H19BrN2O. The van der Waals surface area contributed by atoms with Crippen LogP contribution in [-0.2, 0) is 11.3 Å². The predicted molar refractivity (Wildman–Crippen MR) is 91.4 cm³/mol. The number of carbonyl (C=O) groups excluding carboxylic acids is 1. The van der Waals surface area contributed by atoms with Crippen LogP contribution in [-0.4, -0.2) is 5.91 Å². The van der Waals surface area contributed by atoms with Crippen molar-refractivity contribution in [3.8, 4) is 0 Å². The predicted octanol–water partition coefficient (Wildman–Crippen LogP) is 4.66. The van der Waals surface area contributed by atoms with Gasteiger partial charge in [0.2, 0.25) is 5.91 Å². The molecule has 0 heterocycles. The van der Waals surface area contributed by atoms with Gasteiger partial charge in [0, 0.05) is 28.3 Å². The Labute approximate surface area is 133 Å². The molecule has 110 valence electrons. The number of amides is 1. The standard InChI is InChI=1S/C17H19BrN2O/c1-12(2)17(21)20-15-9-7-14(8-10-15)19-11-13-5-3-4-6-16(13)18/h3-10,12,19H,11H2,1-2H3,(H,20,21). The number of nitrogens with one attached hydrogen (secondary N) is 2. The molecule has 0 radical (unpaired) electrons. The smallest absolute Gasteiger partial charge is 0.226 e. The number of rotatable bonds is 5. The van der Waals surface area contributed by atoms with Gasteiger partial charge in [0.05, 0.1) is 0 Å². The summed E-state index contributed by atoms with van der Waals surface area (Å²) in [4.78, 5) is 11.6. The molecule has 0 aliphatic carbocycles. The summed E-state index contributed by atoms with van der Waals surface area (Å²) in [5.41, 5.74) is 3.04. The van der Waals surface area contributed by atoms with Crippen molar-refractivity contribution in [3.05, 3.63) is 58.6 Å². The molecule has 1 amide bonds. The van der Waals surface area contributed by atoms with Crippen molar-refractivity contribution in [2.24, 2.45) is 5.92 Å². The van der Waals surface area contributed by atoms with Gasteiger partial charge in [-0.3, -0.25) is 4.79 Å². The fourth-order valence-corrected chi connectivity index (χ4v) is 2.22. The minimum Gasteiger partial charge on any atom is -0.381 e. The average molecular weight is 347 g/mol. The zero-order valence-corrected chi connectivity index (χ0v) is 13.8. The molecule has 0 aliphatic heterocycles. The van der Waals surface area contributed by atoms with E-state index in [4.69, 9.17) is 0 Å². The van der Waals surface area contributed by atoms with Crippen LogP contribution in [0.4, 0.5) is 11.4 Å². The van der Waals surface area contributed by atoms with Gasteiger partial charge >= 0.3 is 0 Å². The molecule has 21 heavy (non-hydrogen) atoms. The molecule has 2 aromatic rings. The highest BCUT2D eigenvalue weighted by molar-refractivity contribution is 9.10. The van der Waals surface area contributed by atoms with Crippen LogP contribution in [0.2, 0.25) is 0 Å². The lowest BCUT2D eigenvalue weighted by Gasteiger charge is -2.10. The summed E-state index contributed by atoms with van der Waals surface area (Å²) in [5.74, 6) is 0.0159. The molecule has 0 unspecified atom stereocenters. The number of carbonyl (C=O) groups is 1. The average Bonchev–Trinajstić information content (AvgIpc) is 2.48. The van der Waals surface area contributed by atoms with Crippen molar-refractivity contribution in [3.63, 3.8) is 0 Å². The van der Waals surface area contributed by atoms with E-state index in [9.17, 15) is 4.79 Å². The molecular weight excluding hydrogens is 328 g/mol. The number of benzene rings is 2. The van der Waals surface area contributed by atoms with E-state index in [1.807, 2.05) is 56.3 Å². The van der Waals surface area contributed by atoms with E-state index in [-0.39, 0.29) is 11.8 Å². The SMILES string of the molecule is CC(C)C(=O)Nc1ccc(NCc2ccccc2Br)cc1. The fraction of sp³-hybridized carbons (Fsp3) is 0.235. The highest BCUT2D eigenvalue weighted by atomic mass is 79.9. The molecule has 4 heteroatoms. The Bertz CT molecular complexity index is 608. The van der Waals surface area contributed by atoms with Crippen LogP contribution in [0.1, 0.15) is 19.4 Å². The van der Waals surface area contributed by atoms with Gasteiger partial charge in [-0.25, -0.2) is 0 Å². The van der Waals surface area contributed by atoms with Gasteiger partial charge in [0.25, 0.3) is 0 Å². The van der Waals surface area contributed by atoms with Crippen molar-refractivity contribution in [1.82, 2.24) is 0 Å². The van der Waals surface area contributed by atoms with Crippen molar-refractivity contribution in [2.45, 2.75) is 20.4 Å². The maximum atomic E-state index is 11.6. The van der Waals surface area contributed by atoms with E-state index in [1.54, 1.807) is 0 Å². The van der Waals surface area contributed by atoms with E-state index in [0.29, 0.717) is 0 Å². The monoisotopic (exact) mass is 346 g/mol. The normalized spacial score (nSPS) is 10.5. The van der Waals surface area contributed by atoms with Gasteiger partial charge in [-0.05, 0) is 35.9 Å². The zero-order valence-electron chi connectivity index (χ0n) is 12.2. The second-order valence-electron chi connectivity index (χ2n) is 5.17. The van der Waals surface area contributed by atoms with Gasteiger partial charge < -0.3 is 10.6 Å². The Kier molecular flexibility index (Phi) is 5.39. The number of hydrogen-bond donors (Lipinski definition) is 2. The first kappa shape index (κ1) is 15.6. The molecule has 2 aromatic carbocycles. The molecule has 3 nitrogen and oxygen atoms in total. The molecule has 0 aliphatic rings. The van der Waals surface area contributed by atoms with Crippen LogP contribution in [0.25, 0.3) is 0 Å². The van der Waals surface area contributed by atoms with Crippen LogP contribution in [0, 0.1) is 5.92 Å². The Hall–Kier alpha value is -1.81. The Morgan fingerprint density at radius 1 is 1.05 bits per heavy atom. The molecule has 2 N–H and O–H groups in total. The first-order valence-electron chi connectivity index (χ1n) is 6.94. The lowest BCUT2D eigenvalue weighted by Crippen LogP contribution is -2.17. The quantitative estimate of drug-likeness (QED) is 0.826. The van der Waals surface area contributed by atoms with Crippen molar-refractivity contribution >= 4 is 33.2 Å². The molecule has 0 bridgehead atoms. The van der Waals surface area contributed by atoms with E-state index in [2.05, 4.69) is 32.6 Å². The third-order valence-electron chi connectivity index (χ3n) is 3.12. The Balaban J connectivity index is 1.94. The Morgan fingerprint density at radius 2 is 1.67 bits per heavy atom. The number of halogens is 1. The van der Waals surface area contributed by atoms with Gasteiger partial charge in [-0.15, -0.1) is 0 Å². The molecule has 0 aromatic heterocycles. The summed E-state index contributed by atoms with van der Waals surface area (Å²) < 4.78 is 1.10. The molecule has 0 atom stereocenters. The van der Waals surface area contributed by atoms with Gasteiger partial charge in [0.1, 0.15) is 0 Å². The summed E-state index contributed by atoms with van der Waals surface area (Å²) in [6.45, 7) is 4.51. The minimum atomic E-state index is -0.0155. The second kappa shape index (κ2) is 7.27. The van der Waals surface area contributed by atoms with Crippen LogP contribution in [0.15, 0.2) is 53.0 Å². The highest BCUT2D eigenvalue weighted by Crippen LogP contribution is 2.19. The number of hydrogen-bond acceptors (Lipinski definition) is 2. The maximum absolute atomic E-state index is 11.6. The molecule has 0 fully saturated rings. The first-order chi connectivity index (χ1) is 10.1. The van der Waals surface area contributed by atoms with Gasteiger partial charge in [-0.1, -0.05) is 48.0 Å². The minimum absolute atomic E-state index is 0.0155. The van der Waals surface area contributed by atoms with Crippen LogP contribution in [0.3, 0.4) is 0 Å². The highest BCUT2D eigenvalue weighted by Gasteiger charge is 2.06. The van der Waals surface area contributed by atoms with Crippen molar-refractivity contribution in [1.29, 1.82) is 0 Å². The van der Waals surface area contributed by atoms with Crippen molar-refractivity contribution < 1.29 is 4.79 Å². The van der Waals surface area contributed by atoms with E-state index in [0.717, 1.165) is 22.4 Å². The van der Waals surface area contributed by atoms with Gasteiger partial charge in [-0.2, -0.15) is 0 Å². The lowest BCUT2D eigenvalue weighted by molar-refractivity contribution is -0.118. The Morgan fingerprint density at radius 3 is 2.29 bits per heavy atom. The number of anilines is 2. The molecule has 2 rings (SSSR count). The lowest BCUT2D eigenvalue weighted by atomic mass is 10.2. The fourth-order valence-electron chi connectivity index (χ4n) is 1.80. The van der Waals surface area contributed by atoms with E-state index < -0.39 is 0 Å². The summed E-state index contributed by atoms with van der Waals surface area (Å²) in [5, 5.41) is 6.24. The van der Waals surface area contributed by atoms with Crippen molar-refractivity contribution in [2.75, 3.05) is 10.6 Å². The van der Waals surface area contributed by atoms with Crippen LogP contribution in [0.5, 0.6) is 0 Å². The summed E-state index contributed by atoms with van der Waals surface area (Å²) >= 11 is 3.53. The molecule has 0 spiro atoms. The topological polar surface area (TPSA) is 41.1 Å². The third kappa shape index (κ3) is 4.60. The molecule has 0 saturated heterocycles. The largest absolute Gasteiger partial charge is 0.381 e. The summed E-state index contributed by atoms with van der Waals surface area (Å²) in [7, 11) is 0. The van der Waals surface area contributed by atoms with E-state index >= 15 is 0 Å². The molecule has 0 saturated carbocycles. The summed E-state index contributed by atoms with van der Waals surface area (Å²) in [6.07, 6.45) is 0. The third-order valence-corrected chi connectivity index (χ3v) is 3.89. The summed E-state index contributed by atoms with van der Waals surface area (Å²) in [6, 6.07) is 15.9. The zero-order chi connectivity index (χ0) is 15.2. The van der Waals surface area contributed by atoms with Crippen LogP contribution < -0.4 is 10.6 Å². The van der Waals surface area contributed by atoms with Gasteiger partial charge in [0.15, 0.2) is 0 Å². The first-order valence-corrected chi connectivity index (χ1v) is 7.74. The second-order valence-corrected chi connectivity index (χ2v) is 6.02. The maximum Gasteiger partial charge on any atom is 0.226 e. The van der Waals surface area contributed by atoms with Crippen LogP contribution >= 0.6 is 15.9 Å². The van der Waals surface area contributed by atoms with E-state index in [1.165, 1.54) is 5.56 Å².